The molecule has 0 saturated heterocycles. The van der Waals surface area contributed by atoms with Crippen LogP contribution in [0.5, 0.6) is 0 Å². The van der Waals surface area contributed by atoms with E-state index in [2.05, 4.69) is 34.7 Å². The van der Waals surface area contributed by atoms with Crippen LogP contribution >= 0.6 is 0 Å². The van der Waals surface area contributed by atoms with Gasteiger partial charge in [0.25, 0.3) is 5.91 Å². The van der Waals surface area contributed by atoms with Gasteiger partial charge in [-0.1, -0.05) is 54.6 Å². The minimum absolute atomic E-state index is 0.00972. The number of nitrogens with one attached hydrogen (secondary N) is 1. The molecular weight excluding hydrogens is 406 g/mol. The van der Waals surface area contributed by atoms with Crippen molar-refractivity contribution >= 4 is 17.8 Å². The number of carbonyl (C=O) groups is 2. The van der Waals surface area contributed by atoms with Gasteiger partial charge in [0.1, 0.15) is 6.04 Å². The molecule has 1 atom stereocenters. The molecule has 0 aliphatic rings. The maximum absolute atomic E-state index is 12.0. The predicted molar refractivity (Wildman–Crippen MR) is 125 cm³/mol. The van der Waals surface area contributed by atoms with Crippen molar-refractivity contribution < 1.29 is 14.4 Å². The largest absolute Gasteiger partial charge is 0.370 e. The fourth-order valence-corrected chi connectivity index (χ4v) is 3.17. The Kier molecular flexibility index (Phi) is 10.7. The van der Waals surface area contributed by atoms with Gasteiger partial charge in [0.15, 0.2) is 5.96 Å². The van der Waals surface area contributed by atoms with Crippen LogP contribution in [0.25, 0.3) is 0 Å². The number of amides is 1. The second kappa shape index (κ2) is 13.8. The van der Waals surface area contributed by atoms with Gasteiger partial charge in [-0.3, -0.25) is 9.79 Å². The van der Waals surface area contributed by atoms with E-state index in [0.29, 0.717) is 19.4 Å². The van der Waals surface area contributed by atoms with Crippen LogP contribution in [-0.4, -0.2) is 30.4 Å². The molecule has 0 aliphatic carbocycles. The molecule has 7 N–H and O–H groups in total. The summed E-state index contributed by atoms with van der Waals surface area (Å²) >= 11 is 0. The van der Waals surface area contributed by atoms with E-state index in [-0.39, 0.29) is 12.4 Å². The Morgan fingerprint density at radius 3 is 2.09 bits per heavy atom. The highest BCUT2D eigenvalue weighted by molar-refractivity contribution is 5.81. The summed E-state index contributed by atoms with van der Waals surface area (Å²) in [6, 6.07) is 17.5. The highest BCUT2D eigenvalue weighted by Gasteiger charge is 2.16. The van der Waals surface area contributed by atoms with Gasteiger partial charge in [-0.25, -0.2) is 4.79 Å². The number of hydrogen-bond acceptors (Lipinski definition) is 5. The van der Waals surface area contributed by atoms with Crippen molar-refractivity contribution in [3.63, 3.8) is 0 Å². The Morgan fingerprint density at radius 2 is 1.47 bits per heavy atom. The van der Waals surface area contributed by atoms with E-state index in [0.717, 1.165) is 31.2 Å². The molecule has 8 nitrogen and oxygen atoms in total. The number of hydroxylamine groups is 1. The fourth-order valence-electron chi connectivity index (χ4n) is 3.17. The van der Waals surface area contributed by atoms with Crippen molar-refractivity contribution in [1.29, 1.82) is 0 Å². The minimum Gasteiger partial charge on any atom is -0.370 e. The zero-order valence-corrected chi connectivity index (χ0v) is 18.3. The van der Waals surface area contributed by atoms with Gasteiger partial charge in [0, 0.05) is 6.54 Å². The van der Waals surface area contributed by atoms with E-state index in [9.17, 15) is 9.59 Å². The first-order valence-electron chi connectivity index (χ1n) is 10.9. The monoisotopic (exact) mass is 439 g/mol. The highest BCUT2D eigenvalue weighted by Crippen LogP contribution is 2.11. The summed E-state index contributed by atoms with van der Waals surface area (Å²) in [6.45, 7) is 0.374. The van der Waals surface area contributed by atoms with Crippen LogP contribution in [0.4, 0.5) is 0 Å². The molecule has 32 heavy (non-hydrogen) atoms. The number of guanidine groups is 1. The van der Waals surface area contributed by atoms with Crippen LogP contribution in [0.15, 0.2) is 59.6 Å². The number of hydrogen-bond donors (Lipinski definition) is 4. The lowest BCUT2D eigenvalue weighted by molar-refractivity contribution is -0.159. The molecule has 0 spiro atoms. The molecule has 1 amide bonds. The van der Waals surface area contributed by atoms with E-state index in [1.807, 2.05) is 30.3 Å². The number of nitrogens with two attached hydrogens (primary N) is 3. The van der Waals surface area contributed by atoms with E-state index < -0.39 is 17.9 Å². The number of rotatable bonds is 12. The van der Waals surface area contributed by atoms with E-state index in [1.54, 1.807) is 0 Å². The first kappa shape index (κ1) is 24.9. The lowest BCUT2D eigenvalue weighted by Crippen LogP contribution is -2.38. The molecule has 172 valence electrons. The topological polar surface area (TPSA) is 146 Å². The van der Waals surface area contributed by atoms with Crippen LogP contribution in [0.1, 0.15) is 42.4 Å². The van der Waals surface area contributed by atoms with Crippen LogP contribution in [0, 0.1) is 0 Å². The summed E-state index contributed by atoms with van der Waals surface area (Å²) < 4.78 is 0. The van der Waals surface area contributed by atoms with Crippen molar-refractivity contribution in [2.75, 3.05) is 6.54 Å². The average molecular weight is 440 g/mol. The van der Waals surface area contributed by atoms with E-state index in [1.165, 1.54) is 11.1 Å². The molecule has 0 fully saturated rings. The second-order valence-electron chi connectivity index (χ2n) is 7.69. The lowest BCUT2D eigenvalue weighted by atomic mass is 10.0. The van der Waals surface area contributed by atoms with Crippen LogP contribution in [0.3, 0.4) is 0 Å². The van der Waals surface area contributed by atoms with Crippen LogP contribution < -0.4 is 22.7 Å². The van der Waals surface area contributed by atoms with Gasteiger partial charge in [0.05, 0.1) is 6.42 Å². The van der Waals surface area contributed by atoms with Crippen LogP contribution in [0.2, 0.25) is 0 Å². The SMILES string of the molecule is NC(N)=NCCCC(N)C(=O)ONC(=O)Cc1ccc(CCCCc2ccccc2)cc1. The first-order valence-corrected chi connectivity index (χ1v) is 10.9. The molecular formula is C24H33N5O3. The van der Waals surface area contributed by atoms with Gasteiger partial charge < -0.3 is 22.0 Å². The van der Waals surface area contributed by atoms with Gasteiger partial charge in [-0.2, -0.15) is 5.48 Å². The maximum atomic E-state index is 12.0. The van der Waals surface area contributed by atoms with Gasteiger partial charge >= 0.3 is 5.97 Å². The molecule has 2 rings (SSSR count). The fraction of sp³-hybridized carbons (Fsp3) is 0.375. The summed E-state index contributed by atoms with van der Waals surface area (Å²) in [7, 11) is 0. The number of benzene rings is 2. The van der Waals surface area contributed by atoms with Crippen molar-refractivity contribution in [2.45, 2.75) is 51.0 Å². The van der Waals surface area contributed by atoms with E-state index in [4.69, 9.17) is 22.0 Å². The number of unbranched alkanes of at least 4 members (excludes halogenated alkanes) is 1. The smallest absolute Gasteiger partial charge is 0.348 e. The van der Waals surface area contributed by atoms with Crippen molar-refractivity contribution in [3.05, 3.63) is 71.3 Å². The molecule has 0 bridgehead atoms. The Bertz CT molecular complexity index is 865. The number of aliphatic imine (C=N–C) groups is 1. The first-order chi connectivity index (χ1) is 15.4. The van der Waals surface area contributed by atoms with Crippen molar-refractivity contribution in [2.24, 2.45) is 22.2 Å². The Labute approximate surface area is 189 Å². The third kappa shape index (κ3) is 10.1. The molecule has 0 heterocycles. The zero-order chi connectivity index (χ0) is 23.2. The van der Waals surface area contributed by atoms with Crippen molar-refractivity contribution in [1.82, 2.24) is 5.48 Å². The highest BCUT2D eigenvalue weighted by atomic mass is 16.7. The molecule has 0 radical (unpaired) electrons. The van der Waals surface area contributed by atoms with Gasteiger partial charge in [-0.05, 0) is 55.2 Å². The minimum atomic E-state index is -0.856. The molecule has 2 aromatic carbocycles. The Morgan fingerprint density at radius 1 is 0.875 bits per heavy atom. The molecule has 8 heteroatoms. The molecule has 0 aliphatic heterocycles. The standard InChI is InChI=1S/C24H33N5O3/c25-21(11-6-16-28-24(26)27)23(31)32-29-22(30)17-20-14-12-19(13-15-20)10-5-4-9-18-7-2-1-3-8-18/h1-3,7-8,12-15,21H,4-6,9-11,16-17,25H2,(H,29,30)(H4,26,27,28). The second-order valence-corrected chi connectivity index (χ2v) is 7.69. The van der Waals surface area contributed by atoms with Gasteiger partial charge in [0.2, 0.25) is 0 Å². The normalized spacial score (nSPS) is 11.4. The zero-order valence-electron chi connectivity index (χ0n) is 18.3. The maximum Gasteiger partial charge on any atom is 0.348 e. The number of carbonyl (C=O) groups excluding carboxylic acids is 2. The summed E-state index contributed by atoms with van der Waals surface area (Å²) in [5.41, 5.74) is 21.8. The molecule has 2 aromatic rings. The number of nitrogens with zero attached hydrogens (tertiary/aromatic N) is 1. The lowest BCUT2D eigenvalue weighted by Gasteiger charge is -2.11. The number of aryl methyl sites for hydroxylation is 2. The Balaban J connectivity index is 1.63. The van der Waals surface area contributed by atoms with Gasteiger partial charge in [-0.15, -0.1) is 0 Å². The van der Waals surface area contributed by atoms with Crippen LogP contribution in [-0.2, 0) is 33.7 Å². The summed E-state index contributed by atoms with van der Waals surface area (Å²) in [5, 5.41) is 0. The Hall–Kier alpha value is -3.39. The van der Waals surface area contributed by atoms with Crippen molar-refractivity contribution in [3.8, 4) is 0 Å². The quantitative estimate of drug-likeness (QED) is 0.171. The third-order valence-corrected chi connectivity index (χ3v) is 4.95. The molecule has 1 unspecified atom stereocenters. The predicted octanol–water partition coefficient (Wildman–Crippen LogP) is 1.75. The summed E-state index contributed by atoms with van der Waals surface area (Å²) in [4.78, 5) is 32.5. The van der Waals surface area contributed by atoms with E-state index >= 15 is 0 Å². The summed E-state index contributed by atoms with van der Waals surface area (Å²) in [5.74, 6) is -1.12. The molecule has 0 saturated carbocycles. The average Bonchev–Trinajstić information content (AvgIpc) is 2.79. The molecule has 0 aromatic heterocycles. The summed E-state index contributed by atoms with van der Waals surface area (Å²) in [6.07, 6.45) is 5.31. The third-order valence-electron chi connectivity index (χ3n) is 4.95.